The normalized spacial score (nSPS) is 16.1. The topological polar surface area (TPSA) is 15.3 Å². The van der Waals surface area contributed by atoms with E-state index in [-0.39, 0.29) is 0 Å². The van der Waals surface area contributed by atoms with Gasteiger partial charge in [-0.25, -0.2) is 0 Å². The molecule has 0 bridgehead atoms. The minimum atomic E-state index is 0.909. The molecule has 82 valence electrons. The van der Waals surface area contributed by atoms with Crippen LogP contribution in [0.1, 0.15) is 32.6 Å². The number of rotatable bonds is 9. The van der Waals surface area contributed by atoms with Crippen LogP contribution in [0.5, 0.6) is 0 Å². The van der Waals surface area contributed by atoms with E-state index in [2.05, 4.69) is 23.7 Å². The van der Waals surface area contributed by atoms with E-state index in [1.807, 2.05) is 6.08 Å². The SMILES string of the molecule is C=CCNCCN(CCCC)C1CC1. The van der Waals surface area contributed by atoms with Gasteiger partial charge in [-0.1, -0.05) is 19.4 Å². The number of nitrogens with zero attached hydrogens (tertiary/aromatic N) is 1. The Morgan fingerprint density at radius 2 is 2.21 bits per heavy atom. The van der Waals surface area contributed by atoms with Gasteiger partial charge in [-0.3, -0.25) is 4.90 Å². The molecule has 1 fully saturated rings. The van der Waals surface area contributed by atoms with E-state index in [0.717, 1.165) is 19.1 Å². The van der Waals surface area contributed by atoms with Gasteiger partial charge in [0.25, 0.3) is 0 Å². The van der Waals surface area contributed by atoms with E-state index < -0.39 is 0 Å². The average Bonchev–Trinajstić information content (AvgIpc) is 3.00. The van der Waals surface area contributed by atoms with Crippen LogP contribution in [-0.4, -0.2) is 37.1 Å². The molecule has 1 aliphatic rings. The molecule has 1 N–H and O–H groups in total. The van der Waals surface area contributed by atoms with Crippen LogP contribution >= 0.6 is 0 Å². The fourth-order valence-electron chi connectivity index (χ4n) is 1.70. The Bertz CT molecular complexity index is 152. The van der Waals surface area contributed by atoms with Crippen molar-refractivity contribution in [2.75, 3.05) is 26.2 Å². The Hall–Kier alpha value is -0.340. The van der Waals surface area contributed by atoms with Gasteiger partial charge >= 0.3 is 0 Å². The molecule has 1 rings (SSSR count). The van der Waals surface area contributed by atoms with Crippen LogP contribution in [0.3, 0.4) is 0 Å². The first-order valence-electron chi connectivity index (χ1n) is 5.94. The summed E-state index contributed by atoms with van der Waals surface area (Å²) in [5.74, 6) is 0. The average molecular weight is 196 g/mol. The van der Waals surface area contributed by atoms with Crippen LogP contribution in [0.15, 0.2) is 12.7 Å². The molecule has 0 aromatic carbocycles. The first kappa shape index (κ1) is 11.7. The van der Waals surface area contributed by atoms with Gasteiger partial charge in [0.1, 0.15) is 0 Å². The van der Waals surface area contributed by atoms with E-state index in [4.69, 9.17) is 0 Å². The van der Waals surface area contributed by atoms with Crippen molar-refractivity contribution in [1.29, 1.82) is 0 Å². The van der Waals surface area contributed by atoms with Crippen molar-refractivity contribution >= 4 is 0 Å². The molecule has 14 heavy (non-hydrogen) atoms. The Kier molecular flexibility index (Phi) is 5.88. The van der Waals surface area contributed by atoms with Crippen molar-refractivity contribution < 1.29 is 0 Å². The lowest BCUT2D eigenvalue weighted by molar-refractivity contribution is 0.260. The lowest BCUT2D eigenvalue weighted by atomic mass is 10.3. The van der Waals surface area contributed by atoms with Gasteiger partial charge in [0.05, 0.1) is 0 Å². The van der Waals surface area contributed by atoms with E-state index in [0.29, 0.717) is 0 Å². The van der Waals surface area contributed by atoms with Crippen LogP contribution < -0.4 is 5.32 Å². The Balaban J connectivity index is 2.05. The monoisotopic (exact) mass is 196 g/mol. The summed E-state index contributed by atoms with van der Waals surface area (Å²) in [5.41, 5.74) is 0. The Morgan fingerprint density at radius 3 is 2.79 bits per heavy atom. The largest absolute Gasteiger partial charge is 0.312 e. The molecule has 0 heterocycles. The summed E-state index contributed by atoms with van der Waals surface area (Å²) in [4.78, 5) is 2.64. The van der Waals surface area contributed by atoms with E-state index in [1.54, 1.807) is 0 Å². The molecule has 0 radical (unpaired) electrons. The molecule has 0 aromatic rings. The molecule has 0 spiro atoms. The molecular weight excluding hydrogens is 172 g/mol. The van der Waals surface area contributed by atoms with E-state index >= 15 is 0 Å². The fourth-order valence-corrected chi connectivity index (χ4v) is 1.70. The highest BCUT2D eigenvalue weighted by Crippen LogP contribution is 2.26. The maximum absolute atomic E-state index is 3.70. The number of hydrogen-bond donors (Lipinski definition) is 1. The third-order valence-electron chi connectivity index (χ3n) is 2.73. The zero-order chi connectivity index (χ0) is 10.2. The highest BCUT2D eigenvalue weighted by Gasteiger charge is 2.27. The second-order valence-corrected chi connectivity index (χ2v) is 4.11. The molecular formula is C12H24N2. The van der Waals surface area contributed by atoms with Crippen LogP contribution in [0.25, 0.3) is 0 Å². The van der Waals surface area contributed by atoms with Crippen molar-refractivity contribution in [2.45, 2.75) is 38.6 Å². The number of hydrogen-bond acceptors (Lipinski definition) is 2. The van der Waals surface area contributed by atoms with Crippen LogP contribution in [0, 0.1) is 0 Å². The van der Waals surface area contributed by atoms with Crippen LogP contribution in [0.4, 0.5) is 0 Å². The van der Waals surface area contributed by atoms with Gasteiger partial charge in [-0.15, -0.1) is 6.58 Å². The maximum Gasteiger partial charge on any atom is 0.0132 e. The molecule has 1 aliphatic carbocycles. The smallest absolute Gasteiger partial charge is 0.0132 e. The molecule has 0 saturated heterocycles. The third-order valence-corrected chi connectivity index (χ3v) is 2.73. The highest BCUT2D eigenvalue weighted by atomic mass is 15.2. The number of nitrogens with one attached hydrogen (secondary N) is 1. The summed E-state index contributed by atoms with van der Waals surface area (Å²) in [6.45, 7) is 10.5. The Labute approximate surface area is 88.4 Å². The molecule has 2 heteroatoms. The van der Waals surface area contributed by atoms with Gasteiger partial charge in [0.2, 0.25) is 0 Å². The van der Waals surface area contributed by atoms with Crippen LogP contribution in [0.2, 0.25) is 0 Å². The van der Waals surface area contributed by atoms with Gasteiger partial charge in [-0.05, 0) is 25.8 Å². The minimum Gasteiger partial charge on any atom is -0.312 e. The molecule has 0 aliphatic heterocycles. The zero-order valence-corrected chi connectivity index (χ0v) is 9.47. The second-order valence-electron chi connectivity index (χ2n) is 4.11. The predicted molar refractivity (Wildman–Crippen MR) is 62.6 cm³/mol. The Morgan fingerprint density at radius 1 is 1.43 bits per heavy atom. The summed E-state index contributed by atoms with van der Waals surface area (Å²) in [6.07, 6.45) is 7.42. The van der Waals surface area contributed by atoms with Crippen molar-refractivity contribution in [1.82, 2.24) is 10.2 Å². The quantitative estimate of drug-likeness (QED) is 0.448. The van der Waals surface area contributed by atoms with Crippen LogP contribution in [-0.2, 0) is 0 Å². The summed E-state index contributed by atoms with van der Waals surface area (Å²) in [5, 5.41) is 3.36. The summed E-state index contributed by atoms with van der Waals surface area (Å²) >= 11 is 0. The summed E-state index contributed by atoms with van der Waals surface area (Å²) < 4.78 is 0. The number of unbranched alkanes of at least 4 members (excludes halogenated alkanes) is 1. The van der Waals surface area contributed by atoms with Crippen molar-refractivity contribution in [3.8, 4) is 0 Å². The second kappa shape index (κ2) is 7.02. The summed E-state index contributed by atoms with van der Waals surface area (Å²) in [7, 11) is 0. The molecule has 0 unspecified atom stereocenters. The van der Waals surface area contributed by atoms with Crippen molar-refractivity contribution in [3.63, 3.8) is 0 Å². The lowest BCUT2D eigenvalue weighted by Gasteiger charge is -2.21. The highest BCUT2D eigenvalue weighted by molar-refractivity contribution is 4.84. The van der Waals surface area contributed by atoms with Gasteiger partial charge in [-0.2, -0.15) is 0 Å². The van der Waals surface area contributed by atoms with E-state index in [9.17, 15) is 0 Å². The van der Waals surface area contributed by atoms with Gasteiger partial charge in [0.15, 0.2) is 0 Å². The zero-order valence-electron chi connectivity index (χ0n) is 9.47. The van der Waals surface area contributed by atoms with Gasteiger partial charge in [0, 0.05) is 25.7 Å². The first-order chi connectivity index (χ1) is 6.88. The first-order valence-corrected chi connectivity index (χ1v) is 5.94. The lowest BCUT2D eigenvalue weighted by Crippen LogP contribution is -2.34. The summed E-state index contributed by atoms with van der Waals surface area (Å²) in [6, 6.07) is 0.909. The molecule has 1 saturated carbocycles. The van der Waals surface area contributed by atoms with Crippen molar-refractivity contribution in [3.05, 3.63) is 12.7 Å². The molecule has 2 nitrogen and oxygen atoms in total. The minimum absolute atomic E-state index is 0.909. The van der Waals surface area contributed by atoms with Crippen molar-refractivity contribution in [2.24, 2.45) is 0 Å². The molecule has 0 aromatic heterocycles. The molecule has 0 atom stereocenters. The van der Waals surface area contributed by atoms with Gasteiger partial charge < -0.3 is 5.32 Å². The van der Waals surface area contributed by atoms with E-state index in [1.165, 1.54) is 38.8 Å². The fraction of sp³-hybridized carbons (Fsp3) is 0.833. The maximum atomic E-state index is 3.70. The predicted octanol–water partition coefficient (Wildman–Crippen LogP) is 2.03. The standard InChI is InChI=1S/C12H24N2/c1-3-5-10-14(12-6-7-12)11-9-13-8-4-2/h4,12-13H,2-3,5-11H2,1H3. The molecule has 0 amide bonds. The third kappa shape index (κ3) is 4.77.